The number of fused-ring (bicyclic) bond motifs is 1. The molecule has 1 heterocycles. The van der Waals surface area contributed by atoms with Gasteiger partial charge in [0.15, 0.2) is 0 Å². The van der Waals surface area contributed by atoms with Crippen LogP contribution in [-0.4, -0.2) is 11.0 Å². The molecule has 1 aliphatic rings. The number of hydrogen-bond donors (Lipinski definition) is 0. The van der Waals surface area contributed by atoms with E-state index in [0.717, 1.165) is 11.1 Å². The van der Waals surface area contributed by atoms with Crippen LogP contribution in [0.5, 0.6) is 0 Å². The van der Waals surface area contributed by atoms with E-state index in [-0.39, 0.29) is 11.0 Å². The van der Waals surface area contributed by atoms with Crippen LogP contribution in [0.15, 0.2) is 48.5 Å². The second kappa shape index (κ2) is 3.79. The Morgan fingerprint density at radius 3 is 2.41 bits per heavy atom. The van der Waals surface area contributed by atoms with Crippen molar-refractivity contribution in [3.63, 3.8) is 0 Å². The fraction of sp³-hybridized carbons (Fsp3) is 0. The van der Waals surface area contributed by atoms with Gasteiger partial charge in [-0.1, -0.05) is 36.4 Å². The zero-order chi connectivity index (χ0) is 11.8. The molecule has 0 fully saturated rings. The van der Waals surface area contributed by atoms with Gasteiger partial charge in [-0.25, -0.2) is 4.79 Å². The Bertz CT molecular complexity index is 617. The lowest BCUT2D eigenvalue weighted by Gasteiger charge is -2.02. The van der Waals surface area contributed by atoms with Crippen molar-refractivity contribution < 1.29 is 9.53 Å². The monoisotopic (exact) mass is 240 g/mol. The summed E-state index contributed by atoms with van der Waals surface area (Å²) < 4.78 is 4.92. The zero-order valence-corrected chi connectivity index (χ0v) is 9.66. The minimum Gasteiger partial charge on any atom is -0.410 e. The van der Waals surface area contributed by atoms with Crippen molar-refractivity contribution in [2.75, 3.05) is 0 Å². The Labute approximate surface area is 104 Å². The van der Waals surface area contributed by atoms with Crippen molar-refractivity contribution in [3.8, 4) is 11.1 Å². The summed E-state index contributed by atoms with van der Waals surface area (Å²) in [5, 5.41) is 0.268. The van der Waals surface area contributed by atoms with Gasteiger partial charge in [-0.3, -0.25) is 0 Å². The molecule has 0 atom stereocenters. The Morgan fingerprint density at radius 1 is 0.882 bits per heavy atom. The molecule has 0 aromatic heterocycles. The number of cyclic esters (lactones) is 1. The summed E-state index contributed by atoms with van der Waals surface area (Å²) in [7, 11) is 0. The number of esters is 1. The van der Waals surface area contributed by atoms with Gasteiger partial charge in [0, 0.05) is 5.56 Å². The number of thiocarbonyl (C=S) groups is 1. The molecule has 17 heavy (non-hydrogen) atoms. The first-order valence-corrected chi connectivity index (χ1v) is 5.62. The molecule has 0 amide bonds. The minimum atomic E-state index is -0.359. The molecule has 2 aromatic carbocycles. The first-order chi connectivity index (χ1) is 8.25. The summed E-state index contributed by atoms with van der Waals surface area (Å²) in [6.45, 7) is 0. The Hall–Kier alpha value is -2.00. The molecule has 0 bridgehead atoms. The lowest BCUT2D eigenvalue weighted by atomic mass is 10.0. The van der Waals surface area contributed by atoms with Gasteiger partial charge < -0.3 is 4.74 Å². The molecule has 0 saturated carbocycles. The Balaban J connectivity index is 2.15. The average Bonchev–Trinajstić information content (AvgIpc) is 2.66. The van der Waals surface area contributed by atoms with Crippen LogP contribution in [-0.2, 0) is 4.74 Å². The standard InChI is InChI=1S/C14H8O2S/c15-13-12-8-10(9-4-2-1-3-5-9)6-7-11(12)14(17)16-13/h1-8H. The smallest absolute Gasteiger partial charge is 0.345 e. The van der Waals surface area contributed by atoms with Crippen LogP contribution < -0.4 is 0 Å². The third-order valence-electron chi connectivity index (χ3n) is 2.75. The van der Waals surface area contributed by atoms with E-state index in [4.69, 9.17) is 17.0 Å². The lowest BCUT2D eigenvalue weighted by Crippen LogP contribution is -1.95. The van der Waals surface area contributed by atoms with Crippen molar-refractivity contribution in [1.82, 2.24) is 0 Å². The maximum atomic E-state index is 11.5. The highest BCUT2D eigenvalue weighted by Crippen LogP contribution is 2.27. The summed E-state index contributed by atoms with van der Waals surface area (Å²) in [5.41, 5.74) is 3.33. The number of carbonyl (C=O) groups is 1. The average molecular weight is 240 g/mol. The maximum Gasteiger partial charge on any atom is 0.345 e. The van der Waals surface area contributed by atoms with Crippen LogP contribution in [0.3, 0.4) is 0 Å². The number of hydrogen-bond acceptors (Lipinski definition) is 3. The van der Waals surface area contributed by atoms with Gasteiger partial charge >= 0.3 is 5.97 Å². The van der Waals surface area contributed by atoms with Gasteiger partial charge in [0.1, 0.15) is 0 Å². The van der Waals surface area contributed by atoms with Crippen LogP contribution >= 0.6 is 12.2 Å². The predicted octanol–water partition coefficient (Wildman–Crippen LogP) is 3.20. The predicted molar refractivity (Wildman–Crippen MR) is 69.0 cm³/mol. The van der Waals surface area contributed by atoms with E-state index in [2.05, 4.69) is 0 Å². The molecule has 0 saturated heterocycles. The summed E-state index contributed by atoms with van der Waals surface area (Å²) in [4.78, 5) is 11.5. The highest BCUT2D eigenvalue weighted by Gasteiger charge is 2.26. The van der Waals surface area contributed by atoms with Crippen LogP contribution in [0.4, 0.5) is 0 Å². The lowest BCUT2D eigenvalue weighted by molar-refractivity contribution is 0.0742. The van der Waals surface area contributed by atoms with Gasteiger partial charge in [-0.2, -0.15) is 0 Å². The highest BCUT2D eigenvalue weighted by atomic mass is 32.1. The topological polar surface area (TPSA) is 26.3 Å². The van der Waals surface area contributed by atoms with E-state index in [1.807, 2.05) is 48.5 Å². The quantitative estimate of drug-likeness (QED) is 0.565. The third kappa shape index (κ3) is 1.65. The maximum absolute atomic E-state index is 11.5. The second-order valence-corrected chi connectivity index (χ2v) is 4.17. The number of benzene rings is 2. The van der Waals surface area contributed by atoms with Gasteiger partial charge in [-0.15, -0.1) is 0 Å². The largest absolute Gasteiger partial charge is 0.410 e. The summed E-state index contributed by atoms with van der Waals surface area (Å²) in [6, 6.07) is 15.5. The fourth-order valence-electron chi connectivity index (χ4n) is 1.90. The zero-order valence-electron chi connectivity index (χ0n) is 8.84. The molecule has 1 aliphatic heterocycles. The molecule has 0 aliphatic carbocycles. The van der Waals surface area contributed by atoms with E-state index >= 15 is 0 Å². The molecule has 2 aromatic rings. The van der Waals surface area contributed by atoms with E-state index in [9.17, 15) is 4.79 Å². The molecule has 0 radical (unpaired) electrons. The van der Waals surface area contributed by atoms with E-state index < -0.39 is 0 Å². The first-order valence-electron chi connectivity index (χ1n) is 5.22. The van der Waals surface area contributed by atoms with E-state index in [1.165, 1.54) is 0 Å². The molecule has 0 unspecified atom stereocenters. The Morgan fingerprint density at radius 2 is 1.65 bits per heavy atom. The van der Waals surface area contributed by atoms with Crippen molar-refractivity contribution >= 4 is 23.2 Å². The van der Waals surface area contributed by atoms with Crippen molar-refractivity contribution in [2.24, 2.45) is 0 Å². The molecule has 0 N–H and O–H groups in total. The molecule has 2 nitrogen and oxygen atoms in total. The van der Waals surface area contributed by atoms with Crippen LogP contribution in [0.2, 0.25) is 0 Å². The first kappa shape index (κ1) is 10.2. The minimum absolute atomic E-state index is 0.268. The van der Waals surface area contributed by atoms with Gasteiger partial charge in [0.25, 0.3) is 0 Å². The molecule has 3 heteroatoms. The van der Waals surface area contributed by atoms with Gasteiger partial charge in [0.05, 0.1) is 5.56 Å². The molecular weight excluding hydrogens is 232 g/mol. The van der Waals surface area contributed by atoms with Crippen molar-refractivity contribution in [3.05, 3.63) is 59.7 Å². The number of ether oxygens (including phenoxy) is 1. The third-order valence-corrected chi connectivity index (χ3v) is 3.06. The van der Waals surface area contributed by atoms with Crippen LogP contribution in [0.25, 0.3) is 11.1 Å². The van der Waals surface area contributed by atoms with Crippen molar-refractivity contribution in [2.45, 2.75) is 0 Å². The molecule has 0 spiro atoms. The van der Waals surface area contributed by atoms with E-state index in [1.54, 1.807) is 0 Å². The highest BCUT2D eigenvalue weighted by molar-refractivity contribution is 7.80. The molecule has 82 valence electrons. The fourth-order valence-corrected chi connectivity index (χ4v) is 2.15. The molecular formula is C14H8O2S. The summed E-state index contributed by atoms with van der Waals surface area (Å²) in [5.74, 6) is -0.359. The summed E-state index contributed by atoms with van der Waals surface area (Å²) in [6.07, 6.45) is 0. The Kier molecular flexibility index (Phi) is 2.27. The SMILES string of the molecule is O=C1OC(=S)c2ccc(-c3ccccc3)cc21. The van der Waals surface area contributed by atoms with Gasteiger partial charge in [0.2, 0.25) is 5.05 Å². The van der Waals surface area contributed by atoms with E-state index in [0.29, 0.717) is 11.1 Å². The number of rotatable bonds is 1. The number of carbonyl (C=O) groups excluding carboxylic acids is 1. The van der Waals surface area contributed by atoms with Crippen LogP contribution in [0, 0.1) is 0 Å². The van der Waals surface area contributed by atoms with Crippen LogP contribution in [0.1, 0.15) is 15.9 Å². The second-order valence-electron chi connectivity index (χ2n) is 3.80. The van der Waals surface area contributed by atoms with Crippen molar-refractivity contribution in [1.29, 1.82) is 0 Å². The summed E-state index contributed by atoms with van der Waals surface area (Å²) >= 11 is 4.97. The van der Waals surface area contributed by atoms with Gasteiger partial charge in [-0.05, 0) is 35.5 Å². The normalized spacial score (nSPS) is 13.4. The molecule has 3 rings (SSSR count).